The van der Waals surface area contributed by atoms with E-state index < -0.39 is 0 Å². The van der Waals surface area contributed by atoms with Gasteiger partial charge in [0.15, 0.2) is 0 Å². The number of carbonyl (C=O) groups is 1. The lowest BCUT2D eigenvalue weighted by Gasteiger charge is -2.61. The highest BCUT2D eigenvalue weighted by molar-refractivity contribution is 7.98. The third kappa shape index (κ3) is 2.91. The topological polar surface area (TPSA) is 26.3 Å². The number of hydrogen-bond donors (Lipinski definition) is 0. The molecule has 8 atom stereocenters. The number of carbonyl (C=O) groups excluding carboxylic acids is 1. The standard InChI is InChI=1S/C23H38O2S/c1-15(24)19-7-8-20-18-6-5-16-13-17(25-14-26-4)9-11-22(16,2)21(18)10-12-23(19,20)3/h16-21H,5-14H2,1-4H3/t16-,17+,18-,19?,20-,21-,22-,23?/m0/s1. The summed E-state index contributed by atoms with van der Waals surface area (Å²) in [5.41, 5.74) is 0.826. The highest BCUT2D eigenvalue weighted by Gasteiger charge is 2.60. The summed E-state index contributed by atoms with van der Waals surface area (Å²) < 4.78 is 6.11. The fraction of sp³-hybridized carbons (Fsp3) is 0.957. The van der Waals surface area contributed by atoms with Gasteiger partial charge in [0.05, 0.1) is 12.0 Å². The summed E-state index contributed by atoms with van der Waals surface area (Å²) >= 11 is 1.80. The summed E-state index contributed by atoms with van der Waals surface area (Å²) in [6.07, 6.45) is 14.5. The van der Waals surface area contributed by atoms with Crippen molar-refractivity contribution in [2.24, 2.45) is 40.4 Å². The summed E-state index contributed by atoms with van der Waals surface area (Å²) in [6, 6.07) is 0. The maximum atomic E-state index is 12.3. The van der Waals surface area contributed by atoms with Crippen molar-refractivity contribution in [1.29, 1.82) is 0 Å². The van der Waals surface area contributed by atoms with Gasteiger partial charge in [0, 0.05) is 5.92 Å². The number of Topliss-reactive ketones (excluding diaryl/α,β-unsaturated/α-hetero) is 1. The van der Waals surface area contributed by atoms with Crippen LogP contribution in [0.2, 0.25) is 0 Å². The molecule has 4 aliphatic rings. The van der Waals surface area contributed by atoms with E-state index in [-0.39, 0.29) is 0 Å². The fourth-order valence-corrected chi connectivity index (χ4v) is 8.53. The van der Waals surface area contributed by atoms with E-state index in [0.29, 0.717) is 28.6 Å². The molecule has 0 bridgehead atoms. The quantitative estimate of drug-likeness (QED) is 0.566. The van der Waals surface area contributed by atoms with Crippen LogP contribution in [0.1, 0.15) is 78.6 Å². The summed E-state index contributed by atoms with van der Waals surface area (Å²) in [5, 5.41) is 0. The molecule has 2 nitrogen and oxygen atoms in total. The lowest BCUT2D eigenvalue weighted by molar-refractivity contribution is -0.140. The number of ether oxygens (including phenoxy) is 1. The zero-order valence-electron chi connectivity index (χ0n) is 17.3. The Bertz CT molecular complexity index is 548. The molecule has 0 saturated heterocycles. The first-order valence-corrected chi connectivity index (χ1v) is 12.4. The molecular formula is C23H38O2S. The molecule has 0 aromatic carbocycles. The first kappa shape index (κ1) is 19.3. The highest BCUT2D eigenvalue weighted by atomic mass is 32.2. The van der Waals surface area contributed by atoms with Crippen molar-refractivity contribution in [2.75, 3.05) is 12.2 Å². The Morgan fingerprint density at radius 3 is 2.46 bits per heavy atom. The second kappa shape index (κ2) is 7.10. The molecule has 4 saturated carbocycles. The second-order valence-corrected chi connectivity index (χ2v) is 11.2. The van der Waals surface area contributed by atoms with E-state index in [1.807, 2.05) is 6.92 Å². The lowest BCUT2D eigenvalue weighted by atomic mass is 9.44. The maximum absolute atomic E-state index is 12.3. The smallest absolute Gasteiger partial charge is 0.133 e. The van der Waals surface area contributed by atoms with Crippen LogP contribution < -0.4 is 0 Å². The average molecular weight is 379 g/mol. The van der Waals surface area contributed by atoms with Crippen LogP contribution in [0, 0.1) is 40.4 Å². The van der Waals surface area contributed by atoms with E-state index in [2.05, 4.69) is 20.1 Å². The van der Waals surface area contributed by atoms with Gasteiger partial charge in [0.2, 0.25) is 0 Å². The van der Waals surface area contributed by atoms with Crippen LogP contribution in [0.5, 0.6) is 0 Å². The molecule has 0 radical (unpaired) electrons. The molecule has 0 aromatic heterocycles. The van der Waals surface area contributed by atoms with Gasteiger partial charge in [-0.3, -0.25) is 4.79 Å². The first-order valence-electron chi connectivity index (χ1n) is 11.0. The average Bonchev–Trinajstić information content (AvgIpc) is 2.97. The van der Waals surface area contributed by atoms with Crippen molar-refractivity contribution in [3.63, 3.8) is 0 Å². The molecule has 0 spiro atoms. The van der Waals surface area contributed by atoms with Gasteiger partial charge in [-0.05, 0) is 105 Å². The summed E-state index contributed by atoms with van der Waals surface area (Å²) in [4.78, 5) is 12.3. The van der Waals surface area contributed by atoms with Gasteiger partial charge in [0.1, 0.15) is 5.78 Å². The van der Waals surface area contributed by atoms with Crippen molar-refractivity contribution in [1.82, 2.24) is 0 Å². The van der Waals surface area contributed by atoms with E-state index in [4.69, 9.17) is 4.74 Å². The predicted octanol–water partition coefficient (Wildman–Crippen LogP) is 5.94. The molecule has 148 valence electrons. The molecule has 0 heterocycles. The van der Waals surface area contributed by atoms with Gasteiger partial charge in [-0.15, -0.1) is 11.8 Å². The predicted molar refractivity (Wildman–Crippen MR) is 109 cm³/mol. The van der Waals surface area contributed by atoms with Crippen molar-refractivity contribution >= 4 is 17.5 Å². The van der Waals surface area contributed by atoms with E-state index >= 15 is 0 Å². The molecule has 4 rings (SSSR count). The van der Waals surface area contributed by atoms with Crippen LogP contribution >= 0.6 is 11.8 Å². The van der Waals surface area contributed by atoms with Crippen LogP contribution in [0.3, 0.4) is 0 Å². The van der Waals surface area contributed by atoms with E-state index in [9.17, 15) is 4.79 Å². The number of hydrogen-bond acceptors (Lipinski definition) is 3. The zero-order valence-corrected chi connectivity index (χ0v) is 18.1. The van der Waals surface area contributed by atoms with Crippen molar-refractivity contribution in [3.05, 3.63) is 0 Å². The third-order valence-corrected chi connectivity index (χ3v) is 9.90. The molecule has 26 heavy (non-hydrogen) atoms. The molecule has 2 unspecified atom stereocenters. The van der Waals surface area contributed by atoms with Gasteiger partial charge in [0.25, 0.3) is 0 Å². The SMILES string of the molecule is CSCO[C@@H]1CC[C@@]2(C)[C@@H](CC[C@H]3[C@@H]4CCC(C(C)=O)C4(C)CC[C@@H]32)C1. The van der Waals surface area contributed by atoms with Crippen LogP contribution in [-0.4, -0.2) is 24.1 Å². The third-order valence-electron chi connectivity index (χ3n) is 9.53. The van der Waals surface area contributed by atoms with Crippen LogP contribution in [0.15, 0.2) is 0 Å². The van der Waals surface area contributed by atoms with Crippen molar-refractivity contribution in [3.8, 4) is 0 Å². The largest absolute Gasteiger partial charge is 0.368 e. The van der Waals surface area contributed by atoms with Gasteiger partial charge >= 0.3 is 0 Å². The zero-order chi connectivity index (χ0) is 18.5. The van der Waals surface area contributed by atoms with Crippen molar-refractivity contribution < 1.29 is 9.53 Å². The lowest BCUT2D eigenvalue weighted by Crippen LogP contribution is -2.54. The fourth-order valence-electron chi connectivity index (χ4n) is 8.20. The minimum atomic E-state index is 0.300. The molecule has 4 aliphatic carbocycles. The first-order chi connectivity index (χ1) is 12.4. The normalized spacial score (nSPS) is 50.6. The number of rotatable bonds is 4. The summed E-state index contributed by atoms with van der Waals surface area (Å²) in [5.74, 6) is 5.09. The molecule has 0 N–H and O–H groups in total. The molecule has 3 heteroatoms. The molecule has 0 aliphatic heterocycles. The van der Waals surface area contributed by atoms with Crippen LogP contribution in [-0.2, 0) is 9.53 Å². The maximum Gasteiger partial charge on any atom is 0.133 e. The molecular weight excluding hydrogens is 340 g/mol. The van der Waals surface area contributed by atoms with Crippen LogP contribution in [0.4, 0.5) is 0 Å². The minimum absolute atomic E-state index is 0.300. The monoisotopic (exact) mass is 378 g/mol. The second-order valence-electron chi connectivity index (χ2n) is 10.4. The Morgan fingerprint density at radius 2 is 1.73 bits per heavy atom. The molecule has 4 fully saturated rings. The number of fused-ring (bicyclic) bond motifs is 5. The van der Waals surface area contributed by atoms with Crippen molar-refractivity contribution in [2.45, 2.75) is 84.7 Å². The highest BCUT2D eigenvalue weighted by Crippen LogP contribution is 2.67. The summed E-state index contributed by atoms with van der Waals surface area (Å²) in [6.45, 7) is 6.94. The Labute approximate surface area is 164 Å². The molecule has 0 amide bonds. The van der Waals surface area contributed by atoms with Gasteiger partial charge in [-0.1, -0.05) is 13.8 Å². The summed E-state index contributed by atoms with van der Waals surface area (Å²) in [7, 11) is 0. The number of ketones is 1. The van der Waals surface area contributed by atoms with E-state index in [0.717, 1.165) is 36.0 Å². The van der Waals surface area contributed by atoms with E-state index in [1.54, 1.807) is 11.8 Å². The Kier molecular flexibility index (Phi) is 5.27. The number of thioether (sulfide) groups is 1. The van der Waals surface area contributed by atoms with E-state index in [1.165, 1.54) is 51.4 Å². The Balaban J connectivity index is 1.51. The van der Waals surface area contributed by atoms with Crippen LogP contribution in [0.25, 0.3) is 0 Å². The Hall–Kier alpha value is -0.0200. The van der Waals surface area contributed by atoms with Gasteiger partial charge in [-0.2, -0.15) is 0 Å². The van der Waals surface area contributed by atoms with Gasteiger partial charge in [-0.25, -0.2) is 0 Å². The Morgan fingerprint density at radius 1 is 1.00 bits per heavy atom. The minimum Gasteiger partial charge on any atom is -0.368 e. The van der Waals surface area contributed by atoms with Gasteiger partial charge < -0.3 is 4.74 Å². The molecule has 0 aromatic rings.